The van der Waals surface area contributed by atoms with Gasteiger partial charge in [0.05, 0.1) is 11.4 Å². The fraction of sp³-hybridized carbons (Fsp3) is 0.538. The van der Waals surface area contributed by atoms with Gasteiger partial charge < -0.3 is 5.32 Å². The summed E-state index contributed by atoms with van der Waals surface area (Å²) in [5.74, 6) is 2.39. The van der Waals surface area contributed by atoms with Crippen molar-refractivity contribution in [2.75, 3.05) is 19.6 Å². The molecule has 0 bridgehead atoms. The summed E-state index contributed by atoms with van der Waals surface area (Å²) in [6, 6.07) is 1.75. The van der Waals surface area contributed by atoms with Crippen molar-refractivity contribution in [3.8, 4) is 12.3 Å². The van der Waals surface area contributed by atoms with Crippen LogP contribution >= 0.6 is 11.3 Å². The molecule has 1 heterocycles. The summed E-state index contributed by atoms with van der Waals surface area (Å²) in [6.07, 6.45) is 5.23. The zero-order chi connectivity index (χ0) is 14.5. The summed E-state index contributed by atoms with van der Waals surface area (Å²) < 4.78 is 26.3. The largest absolute Gasteiger partial charge is 0.312 e. The van der Waals surface area contributed by atoms with Gasteiger partial charge in [-0.05, 0) is 19.5 Å². The van der Waals surface area contributed by atoms with Gasteiger partial charge >= 0.3 is 0 Å². The van der Waals surface area contributed by atoms with Crippen molar-refractivity contribution in [1.29, 1.82) is 0 Å². The molecule has 0 aliphatic carbocycles. The lowest BCUT2D eigenvalue weighted by molar-refractivity contribution is 0.464. The van der Waals surface area contributed by atoms with E-state index in [2.05, 4.69) is 11.2 Å². The standard InChI is InChI=1S/C13H20N2O2S2/c1-5-8-15(7-3)19(16,17)13-9-12(10-14-6-2)18-11(13)4/h1,9,14H,6-8,10H2,2-4H3. The minimum absolute atomic E-state index is 0.108. The third kappa shape index (κ3) is 3.80. The van der Waals surface area contributed by atoms with Gasteiger partial charge in [0, 0.05) is 22.8 Å². The van der Waals surface area contributed by atoms with Gasteiger partial charge in [-0.15, -0.1) is 17.8 Å². The lowest BCUT2D eigenvalue weighted by Gasteiger charge is -2.17. The van der Waals surface area contributed by atoms with E-state index in [9.17, 15) is 8.42 Å². The molecule has 0 saturated carbocycles. The zero-order valence-electron chi connectivity index (χ0n) is 11.6. The van der Waals surface area contributed by atoms with Crippen LogP contribution in [0.3, 0.4) is 0 Å². The van der Waals surface area contributed by atoms with E-state index in [1.165, 1.54) is 15.6 Å². The molecule has 6 heteroatoms. The monoisotopic (exact) mass is 300 g/mol. The van der Waals surface area contributed by atoms with Crippen LogP contribution in [0.15, 0.2) is 11.0 Å². The molecule has 0 aliphatic rings. The Morgan fingerprint density at radius 2 is 2.16 bits per heavy atom. The van der Waals surface area contributed by atoms with Crippen LogP contribution in [0.25, 0.3) is 0 Å². The van der Waals surface area contributed by atoms with Gasteiger partial charge in [0.15, 0.2) is 0 Å². The first-order valence-corrected chi connectivity index (χ1v) is 8.46. The van der Waals surface area contributed by atoms with E-state index in [-0.39, 0.29) is 6.54 Å². The summed E-state index contributed by atoms with van der Waals surface area (Å²) in [5, 5.41) is 3.19. The van der Waals surface area contributed by atoms with Crippen LogP contribution in [0.1, 0.15) is 23.6 Å². The van der Waals surface area contributed by atoms with Crippen LogP contribution in [0.5, 0.6) is 0 Å². The molecule has 0 saturated heterocycles. The molecule has 0 amide bonds. The Bertz CT molecular complexity index is 556. The molecule has 1 rings (SSSR count). The van der Waals surface area contributed by atoms with Gasteiger partial charge in [0.25, 0.3) is 0 Å². The van der Waals surface area contributed by atoms with Gasteiger partial charge in [-0.1, -0.05) is 19.8 Å². The van der Waals surface area contributed by atoms with Crippen molar-refractivity contribution in [1.82, 2.24) is 9.62 Å². The Morgan fingerprint density at radius 1 is 1.47 bits per heavy atom. The summed E-state index contributed by atoms with van der Waals surface area (Å²) in [5.41, 5.74) is 0. The lowest BCUT2D eigenvalue weighted by Crippen LogP contribution is -2.31. The molecule has 1 aromatic rings. The van der Waals surface area contributed by atoms with Crippen LogP contribution < -0.4 is 5.32 Å². The van der Waals surface area contributed by atoms with Crippen LogP contribution in [0.2, 0.25) is 0 Å². The highest BCUT2D eigenvalue weighted by Gasteiger charge is 2.25. The molecule has 1 N–H and O–H groups in total. The summed E-state index contributed by atoms with van der Waals surface area (Å²) in [7, 11) is -3.47. The molecule has 0 fully saturated rings. The molecule has 4 nitrogen and oxygen atoms in total. The fourth-order valence-corrected chi connectivity index (χ4v) is 4.66. The predicted octanol–water partition coefficient (Wildman–Crippen LogP) is 1.81. The quantitative estimate of drug-likeness (QED) is 0.781. The van der Waals surface area contributed by atoms with Crippen molar-refractivity contribution >= 4 is 21.4 Å². The number of hydrogen-bond donors (Lipinski definition) is 1. The Balaban J connectivity index is 3.07. The van der Waals surface area contributed by atoms with Crippen LogP contribution in [0, 0.1) is 19.3 Å². The van der Waals surface area contributed by atoms with Crippen molar-refractivity contribution in [2.45, 2.75) is 32.2 Å². The number of thiophene rings is 1. The SMILES string of the molecule is C#CCN(CC)S(=O)(=O)c1cc(CNCC)sc1C. The van der Waals surface area contributed by atoms with E-state index in [0.717, 1.165) is 16.3 Å². The highest BCUT2D eigenvalue weighted by atomic mass is 32.2. The average Bonchev–Trinajstić information content (AvgIpc) is 2.75. The number of nitrogens with one attached hydrogen (secondary N) is 1. The maximum atomic E-state index is 12.5. The van der Waals surface area contributed by atoms with Crippen LogP contribution in [0.4, 0.5) is 0 Å². The molecule has 0 unspecified atom stereocenters. The van der Waals surface area contributed by atoms with Crippen molar-refractivity contribution in [3.63, 3.8) is 0 Å². The number of terminal acetylenes is 1. The highest BCUT2D eigenvalue weighted by molar-refractivity contribution is 7.89. The number of hydrogen-bond acceptors (Lipinski definition) is 4. The Hall–Kier alpha value is -0.870. The van der Waals surface area contributed by atoms with E-state index in [4.69, 9.17) is 6.42 Å². The number of rotatable bonds is 7. The molecule has 106 valence electrons. The summed E-state index contributed by atoms with van der Waals surface area (Å²) >= 11 is 1.51. The van der Waals surface area contributed by atoms with E-state index >= 15 is 0 Å². The third-order valence-corrected chi connectivity index (χ3v) is 5.94. The summed E-state index contributed by atoms with van der Waals surface area (Å²) in [4.78, 5) is 2.21. The molecule has 0 radical (unpaired) electrons. The van der Waals surface area contributed by atoms with Gasteiger partial charge in [-0.3, -0.25) is 0 Å². The smallest absolute Gasteiger partial charge is 0.245 e. The first-order valence-electron chi connectivity index (χ1n) is 6.21. The second-order valence-electron chi connectivity index (χ2n) is 4.05. The van der Waals surface area contributed by atoms with E-state index < -0.39 is 10.0 Å². The maximum Gasteiger partial charge on any atom is 0.245 e. The first kappa shape index (κ1) is 16.2. The lowest BCUT2D eigenvalue weighted by atomic mass is 10.4. The minimum atomic E-state index is -3.47. The Morgan fingerprint density at radius 3 is 2.68 bits per heavy atom. The second-order valence-corrected chi connectivity index (χ2v) is 7.30. The topological polar surface area (TPSA) is 49.4 Å². The molecule has 19 heavy (non-hydrogen) atoms. The van der Waals surface area contributed by atoms with Crippen molar-refractivity contribution < 1.29 is 8.42 Å². The van der Waals surface area contributed by atoms with Crippen LogP contribution in [-0.2, 0) is 16.6 Å². The molecule has 0 aliphatic heterocycles. The van der Waals surface area contributed by atoms with Gasteiger partial charge in [0.2, 0.25) is 10.0 Å². The summed E-state index contributed by atoms with van der Waals surface area (Å²) in [6.45, 7) is 7.67. The van der Waals surface area contributed by atoms with E-state index in [0.29, 0.717) is 18.0 Å². The molecular formula is C13H20N2O2S2. The average molecular weight is 300 g/mol. The highest BCUT2D eigenvalue weighted by Crippen LogP contribution is 2.28. The molecule has 0 aromatic carbocycles. The van der Waals surface area contributed by atoms with Gasteiger partial charge in [-0.2, -0.15) is 4.31 Å². The third-order valence-electron chi connectivity index (χ3n) is 2.71. The molecule has 0 spiro atoms. The minimum Gasteiger partial charge on any atom is -0.312 e. The Kier molecular flexibility index (Phi) is 6.01. The van der Waals surface area contributed by atoms with Crippen molar-refractivity contribution in [3.05, 3.63) is 15.8 Å². The van der Waals surface area contributed by atoms with Gasteiger partial charge in [-0.25, -0.2) is 8.42 Å². The number of nitrogens with zero attached hydrogens (tertiary/aromatic N) is 1. The molecule has 0 atom stereocenters. The van der Waals surface area contributed by atoms with E-state index in [1.54, 1.807) is 13.0 Å². The molecule has 1 aromatic heterocycles. The van der Waals surface area contributed by atoms with Crippen molar-refractivity contribution in [2.24, 2.45) is 0 Å². The number of sulfonamides is 1. The Labute approximate surface area is 119 Å². The number of aryl methyl sites for hydroxylation is 1. The second kappa shape index (κ2) is 7.06. The van der Waals surface area contributed by atoms with Crippen LogP contribution in [-0.4, -0.2) is 32.4 Å². The maximum absolute atomic E-state index is 12.5. The normalized spacial score (nSPS) is 11.7. The van der Waals surface area contributed by atoms with Gasteiger partial charge in [0.1, 0.15) is 0 Å². The van der Waals surface area contributed by atoms with E-state index in [1.807, 2.05) is 13.8 Å². The fourth-order valence-electron chi connectivity index (χ4n) is 1.72. The predicted molar refractivity (Wildman–Crippen MR) is 79.7 cm³/mol. The molecular weight excluding hydrogens is 280 g/mol. The zero-order valence-corrected chi connectivity index (χ0v) is 13.2. The first-order chi connectivity index (χ1) is 8.97.